The van der Waals surface area contributed by atoms with Gasteiger partial charge in [0.25, 0.3) is 5.91 Å². The zero-order chi connectivity index (χ0) is 16.6. The summed E-state index contributed by atoms with van der Waals surface area (Å²) in [6.07, 6.45) is 0. The number of amides is 1. The lowest BCUT2D eigenvalue weighted by molar-refractivity contribution is 0.0917. The van der Waals surface area contributed by atoms with Gasteiger partial charge in [-0.2, -0.15) is 15.4 Å². The van der Waals surface area contributed by atoms with Gasteiger partial charge in [0.1, 0.15) is 5.82 Å². The molecule has 3 aromatic rings. The van der Waals surface area contributed by atoms with E-state index in [1.165, 1.54) is 0 Å². The molecular formula is C16H20N6O. The average Bonchev–Trinajstić information content (AvgIpc) is 3.09. The number of aromatic amines is 2. The Bertz CT molecular complexity index is 847. The summed E-state index contributed by atoms with van der Waals surface area (Å²) in [6.45, 7) is 7.86. The van der Waals surface area contributed by atoms with Gasteiger partial charge >= 0.3 is 0 Å². The summed E-state index contributed by atoms with van der Waals surface area (Å²) in [4.78, 5) is 20.3. The van der Waals surface area contributed by atoms with Crippen LogP contribution in [0.4, 0.5) is 0 Å². The first kappa shape index (κ1) is 15.2. The van der Waals surface area contributed by atoms with Crippen molar-refractivity contribution in [2.24, 2.45) is 5.92 Å². The molecule has 0 aliphatic rings. The highest BCUT2D eigenvalue weighted by Crippen LogP contribution is 2.23. The fraction of sp³-hybridized carbons (Fsp3) is 0.375. The summed E-state index contributed by atoms with van der Waals surface area (Å²) in [6, 6.07) is 5.82. The van der Waals surface area contributed by atoms with Crippen molar-refractivity contribution in [3.05, 3.63) is 41.0 Å². The van der Waals surface area contributed by atoms with E-state index in [1.807, 2.05) is 39.0 Å². The molecule has 0 aliphatic heterocycles. The minimum absolute atomic E-state index is 0.174. The number of H-pyrrole nitrogens is 2. The van der Waals surface area contributed by atoms with Crippen molar-refractivity contribution in [2.75, 3.05) is 0 Å². The number of imidazole rings is 1. The number of fused-ring (bicyclic) bond motifs is 1. The van der Waals surface area contributed by atoms with Gasteiger partial charge in [-0.15, -0.1) is 0 Å². The van der Waals surface area contributed by atoms with E-state index >= 15 is 0 Å². The maximum absolute atomic E-state index is 12.4. The first-order valence-electron chi connectivity index (χ1n) is 7.60. The first-order chi connectivity index (χ1) is 11.0. The highest BCUT2D eigenvalue weighted by Gasteiger charge is 2.24. The van der Waals surface area contributed by atoms with E-state index in [4.69, 9.17) is 0 Å². The molecular weight excluding hydrogens is 292 g/mol. The quantitative estimate of drug-likeness (QED) is 0.689. The molecule has 1 amide bonds. The molecule has 2 aromatic heterocycles. The van der Waals surface area contributed by atoms with Crippen LogP contribution in [0.25, 0.3) is 11.0 Å². The molecule has 7 heteroatoms. The molecule has 0 saturated carbocycles. The molecule has 1 atom stereocenters. The molecule has 120 valence electrons. The summed E-state index contributed by atoms with van der Waals surface area (Å²) >= 11 is 0. The van der Waals surface area contributed by atoms with Gasteiger partial charge in [0.2, 0.25) is 0 Å². The normalized spacial score (nSPS) is 12.7. The third-order valence-corrected chi connectivity index (χ3v) is 3.84. The third kappa shape index (κ3) is 2.94. The number of nitrogens with zero attached hydrogens (tertiary/aromatic N) is 3. The lowest BCUT2D eigenvalue weighted by Gasteiger charge is -2.19. The van der Waals surface area contributed by atoms with Gasteiger partial charge in [-0.1, -0.05) is 19.9 Å². The molecule has 7 nitrogen and oxygen atoms in total. The van der Waals surface area contributed by atoms with Gasteiger partial charge in [0.05, 0.1) is 22.8 Å². The first-order valence-corrected chi connectivity index (χ1v) is 7.60. The van der Waals surface area contributed by atoms with E-state index in [-0.39, 0.29) is 17.9 Å². The van der Waals surface area contributed by atoms with Crippen LogP contribution in [-0.2, 0) is 0 Å². The monoisotopic (exact) mass is 312 g/mol. The molecule has 1 unspecified atom stereocenters. The molecule has 0 radical (unpaired) electrons. The Hall–Kier alpha value is -2.70. The second kappa shape index (κ2) is 5.83. The van der Waals surface area contributed by atoms with Gasteiger partial charge in [0, 0.05) is 0 Å². The maximum atomic E-state index is 12.4. The number of carbonyl (C=O) groups is 1. The second-order valence-corrected chi connectivity index (χ2v) is 6.10. The Balaban J connectivity index is 1.91. The van der Waals surface area contributed by atoms with E-state index in [0.717, 1.165) is 22.4 Å². The van der Waals surface area contributed by atoms with Gasteiger partial charge in [-0.25, -0.2) is 4.98 Å². The number of aromatic nitrogens is 5. The van der Waals surface area contributed by atoms with Crippen molar-refractivity contribution in [1.29, 1.82) is 0 Å². The SMILES string of the molecule is Cc1ccc2nc(C(NC(=O)c3n[nH]nc3C)C(C)C)[nH]c2c1. The van der Waals surface area contributed by atoms with E-state index < -0.39 is 0 Å². The summed E-state index contributed by atoms with van der Waals surface area (Å²) in [5.74, 6) is 0.662. The molecule has 0 bridgehead atoms. The summed E-state index contributed by atoms with van der Waals surface area (Å²) in [7, 11) is 0. The van der Waals surface area contributed by atoms with Gasteiger partial charge < -0.3 is 10.3 Å². The van der Waals surface area contributed by atoms with Crippen molar-refractivity contribution < 1.29 is 4.79 Å². The number of hydrogen-bond acceptors (Lipinski definition) is 4. The van der Waals surface area contributed by atoms with Crippen LogP contribution in [0.2, 0.25) is 0 Å². The van der Waals surface area contributed by atoms with Crippen LogP contribution in [0.1, 0.15) is 47.5 Å². The fourth-order valence-corrected chi connectivity index (χ4v) is 2.55. The lowest BCUT2D eigenvalue weighted by atomic mass is 10.0. The average molecular weight is 312 g/mol. The van der Waals surface area contributed by atoms with Gasteiger partial charge in [-0.05, 0) is 37.5 Å². The van der Waals surface area contributed by atoms with E-state index in [9.17, 15) is 4.79 Å². The Morgan fingerprint density at radius 2 is 2.00 bits per heavy atom. The van der Waals surface area contributed by atoms with Gasteiger partial charge in [0.15, 0.2) is 5.69 Å². The number of nitrogens with one attached hydrogen (secondary N) is 3. The Labute approximate surface area is 133 Å². The topological polar surface area (TPSA) is 99.3 Å². The molecule has 0 spiro atoms. The van der Waals surface area contributed by atoms with Crippen molar-refractivity contribution in [2.45, 2.75) is 33.7 Å². The highest BCUT2D eigenvalue weighted by atomic mass is 16.2. The van der Waals surface area contributed by atoms with Crippen LogP contribution in [0, 0.1) is 19.8 Å². The maximum Gasteiger partial charge on any atom is 0.274 e. The second-order valence-electron chi connectivity index (χ2n) is 6.10. The molecule has 23 heavy (non-hydrogen) atoms. The van der Waals surface area contributed by atoms with Crippen LogP contribution < -0.4 is 5.32 Å². The summed E-state index contributed by atoms with van der Waals surface area (Å²) < 4.78 is 0. The Morgan fingerprint density at radius 1 is 1.22 bits per heavy atom. The fourth-order valence-electron chi connectivity index (χ4n) is 2.55. The minimum Gasteiger partial charge on any atom is -0.340 e. The van der Waals surface area contributed by atoms with Crippen LogP contribution in [0.5, 0.6) is 0 Å². The number of benzene rings is 1. The Kier molecular flexibility index (Phi) is 3.85. The van der Waals surface area contributed by atoms with Crippen LogP contribution in [-0.4, -0.2) is 31.3 Å². The van der Waals surface area contributed by atoms with Crippen molar-refractivity contribution >= 4 is 16.9 Å². The number of rotatable bonds is 4. The van der Waals surface area contributed by atoms with E-state index in [1.54, 1.807) is 6.92 Å². The summed E-state index contributed by atoms with van der Waals surface area (Å²) in [5, 5.41) is 13.2. The van der Waals surface area contributed by atoms with E-state index in [2.05, 4.69) is 30.7 Å². The lowest BCUT2D eigenvalue weighted by Crippen LogP contribution is -2.33. The zero-order valence-electron chi connectivity index (χ0n) is 13.6. The number of aryl methyl sites for hydroxylation is 2. The minimum atomic E-state index is -0.258. The zero-order valence-corrected chi connectivity index (χ0v) is 13.6. The summed E-state index contributed by atoms with van der Waals surface area (Å²) in [5.41, 5.74) is 3.91. The largest absolute Gasteiger partial charge is 0.340 e. The molecule has 0 aliphatic carbocycles. The molecule has 1 aromatic carbocycles. The molecule has 3 N–H and O–H groups in total. The molecule has 0 saturated heterocycles. The number of hydrogen-bond donors (Lipinski definition) is 3. The van der Waals surface area contributed by atoms with Gasteiger partial charge in [-0.3, -0.25) is 4.79 Å². The van der Waals surface area contributed by atoms with Crippen molar-refractivity contribution in [3.63, 3.8) is 0 Å². The smallest absolute Gasteiger partial charge is 0.274 e. The van der Waals surface area contributed by atoms with Crippen molar-refractivity contribution in [3.8, 4) is 0 Å². The van der Waals surface area contributed by atoms with E-state index in [0.29, 0.717) is 11.4 Å². The van der Waals surface area contributed by atoms with Crippen LogP contribution in [0.3, 0.4) is 0 Å². The predicted octanol–water partition coefficient (Wildman–Crippen LogP) is 2.42. The Morgan fingerprint density at radius 3 is 2.65 bits per heavy atom. The molecule has 0 fully saturated rings. The van der Waals surface area contributed by atoms with Crippen LogP contribution in [0.15, 0.2) is 18.2 Å². The molecule has 3 rings (SSSR count). The predicted molar refractivity (Wildman–Crippen MR) is 87.0 cm³/mol. The van der Waals surface area contributed by atoms with Crippen LogP contribution >= 0.6 is 0 Å². The number of carbonyl (C=O) groups excluding carboxylic acids is 1. The third-order valence-electron chi connectivity index (χ3n) is 3.84. The highest BCUT2D eigenvalue weighted by molar-refractivity contribution is 5.93. The standard InChI is InChI=1S/C16H20N6O/c1-8(2)13(19-16(23)14-10(4)20-22-21-14)15-17-11-6-5-9(3)7-12(11)18-15/h5-8,13H,1-4H3,(H,17,18)(H,19,23)(H,20,21,22). The van der Waals surface area contributed by atoms with Crippen molar-refractivity contribution in [1.82, 2.24) is 30.7 Å². The molecule has 2 heterocycles.